The van der Waals surface area contributed by atoms with Gasteiger partial charge in [-0.05, 0) is 54.6 Å². The second-order valence-corrected chi connectivity index (χ2v) is 9.31. The van der Waals surface area contributed by atoms with Crippen LogP contribution in [0, 0.1) is 5.92 Å². The van der Waals surface area contributed by atoms with E-state index in [1.165, 1.54) is 0 Å². The van der Waals surface area contributed by atoms with Crippen molar-refractivity contribution < 1.29 is 13.9 Å². The monoisotopic (exact) mass is 542 g/mol. The van der Waals surface area contributed by atoms with Gasteiger partial charge in [-0.2, -0.15) is 9.61 Å². The fourth-order valence-corrected chi connectivity index (χ4v) is 5.07. The number of carbonyl (C=O) groups is 1. The Kier molecular flexibility index (Phi) is 7.90. The molecule has 1 unspecified atom stereocenters. The number of ether oxygens (including phenoxy) is 1. The molecule has 3 aromatic heterocycles. The average molecular weight is 543 g/mol. The van der Waals surface area contributed by atoms with E-state index >= 15 is 0 Å². The van der Waals surface area contributed by atoms with Gasteiger partial charge in [-0.3, -0.25) is 9.98 Å². The third-order valence-corrected chi connectivity index (χ3v) is 7.14. The molecule has 0 aliphatic heterocycles. The Labute approximate surface area is 211 Å². The second kappa shape index (κ2) is 11.1. The molecule has 1 fully saturated rings. The molecule has 4 rings (SSSR count). The molecule has 184 valence electrons. The SMILES string of the molecule is C=CC=NCc1ccc(-c2cnn3c(N)c(Br)c(C4CCC(C(F)C(=O)OCC)CC4)nc23)cn1. The number of alkyl halides is 1. The number of nitrogen functional groups attached to an aromatic ring is 1. The number of fused-ring (bicyclic) bond motifs is 1. The molecule has 1 aliphatic rings. The third-order valence-electron chi connectivity index (χ3n) is 6.33. The molecule has 10 heteroatoms. The van der Waals surface area contributed by atoms with Gasteiger partial charge in [0.15, 0.2) is 11.8 Å². The summed E-state index contributed by atoms with van der Waals surface area (Å²) in [7, 11) is 0. The zero-order chi connectivity index (χ0) is 24.9. The fraction of sp³-hybridized carbons (Fsp3) is 0.400. The normalized spacial score (nSPS) is 19.2. The Morgan fingerprint density at radius 2 is 2.14 bits per heavy atom. The van der Waals surface area contributed by atoms with E-state index < -0.39 is 12.1 Å². The maximum absolute atomic E-state index is 14.5. The van der Waals surface area contributed by atoms with Crippen LogP contribution < -0.4 is 5.73 Å². The molecular weight excluding hydrogens is 515 g/mol. The van der Waals surface area contributed by atoms with Crippen molar-refractivity contribution in [2.45, 2.75) is 51.2 Å². The lowest BCUT2D eigenvalue weighted by Crippen LogP contribution is -2.30. The topological polar surface area (TPSA) is 108 Å². The van der Waals surface area contributed by atoms with E-state index in [9.17, 15) is 9.18 Å². The molecule has 1 aliphatic carbocycles. The van der Waals surface area contributed by atoms with E-state index in [4.69, 9.17) is 15.5 Å². The van der Waals surface area contributed by atoms with Crippen LogP contribution in [0.5, 0.6) is 0 Å². The van der Waals surface area contributed by atoms with Gasteiger partial charge in [0, 0.05) is 35.4 Å². The fourth-order valence-electron chi connectivity index (χ4n) is 4.49. The van der Waals surface area contributed by atoms with Crippen molar-refractivity contribution in [2.75, 3.05) is 12.3 Å². The Balaban J connectivity index is 1.57. The summed E-state index contributed by atoms with van der Waals surface area (Å²) in [5.74, 6) is -0.557. The summed E-state index contributed by atoms with van der Waals surface area (Å²) >= 11 is 3.60. The van der Waals surface area contributed by atoms with Gasteiger partial charge in [-0.1, -0.05) is 18.7 Å². The highest BCUT2D eigenvalue weighted by Crippen LogP contribution is 2.42. The van der Waals surface area contributed by atoms with Crippen molar-refractivity contribution in [3.63, 3.8) is 0 Å². The van der Waals surface area contributed by atoms with Gasteiger partial charge in [-0.15, -0.1) is 0 Å². The van der Waals surface area contributed by atoms with E-state index in [0.717, 1.165) is 22.5 Å². The molecule has 1 saturated carbocycles. The molecule has 8 nitrogen and oxygen atoms in total. The van der Waals surface area contributed by atoms with E-state index in [1.807, 2.05) is 12.1 Å². The van der Waals surface area contributed by atoms with Gasteiger partial charge in [0.2, 0.25) is 0 Å². The lowest BCUT2D eigenvalue weighted by Gasteiger charge is -2.30. The number of anilines is 1. The second-order valence-electron chi connectivity index (χ2n) is 8.52. The number of halogens is 2. The number of carbonyl (C=O) groups excluding carboxylic acids is 1. The number of allylic oxidation sites excluding steroid dienone is 1. The maximum atomic E-state index is 14.5. The van der Waals surface area contributed by atoms with Crippen LogP contribution in [0.25, 0.3) is 16.8 Å². The number of hydrogen-bond donors (Lipinski definition) is 1. The van der Waals surface area contributed by atoms with E-state index in [2.05, 4.69) is 37.6 Å². The molecule has 1 atom stereocenters. The minimum Gasteiger partial charge on any atom is -0.464 e. The third kappa shape index (κ3) is 5.27. The standard InChI is InChI=1S/C25H28BrFN6O2/c1-3-11-29-13-18-10-9-17(12-30-18)19-14-31-33-23(28)20(26)22(32-24(19)33)16-7-5-15(6-8-16)21(27)25(34)35-4-2/h3,9-12,14-16,21H,1,4-8,13,28H2,2H3. The first-order chi connectivity index (χ1) is 16.9. The van der Waals surface area contributed by atoms with E-state index in [1.54, 1.807) is 36.1 Å². The Bertz CT molecular complexity index is 1230. The number of pyridine rings is 1. The summed E-state index contributed by atoms with van der Waals surface area (Å²) in [4.78, 5) is 25.5. The number of rotatable bonds is 8. The molecule has 3 heterocycles. The highest BCUT2D eigenvalue weighted by molar-refractivity contribution is 9.10. The minimum atomic E-state index is -1.58. The quantitative estimate of drug-likeness (QED) is 0.314. The summed E-state index contributed by atoms with van der Waals surface area (Å²) in [5.41, 5.74) is 10.4. The number of esters is 1. The van der Waals surface area contributed by atoms with Gasteiger partial charge in [-0.25, -0.2) is 14.2 Å². The zero-order valence-corrected chi connectivity index (χ0v) is 21.1. The number of nitrogens with two attached hydrogens (primary N) is 1. The maximum Gasteiger partial charge on any atom is 0.341 e. The van der Waals surface area contributed by atoms with Gasteiger partial charge in [0.1, 0.15) is 5.82 Å². The van der Waals surface area contributed by atoms with E-state index in [-0.39, 0.29) is 18.4 Å². The zero-order valence-electron chi connectivity index (χ0n) is 19.5. The van der Waals surface area contributed by atoms with Crippen LogP contribution in [-0.2, 0) is 16.1 Å². The van der Waals surface area contributed by atoms with Crippen molar-refractivity contribution in [1.29, 1.82) is 0 Å². The number of hydrogen-bond acceptors (Lipinski definition) is 7. The van der Waals surface area contributed by atoms with E-state index in [0.29, 0.717) is 48.2 Å². The molecule has 2 N–H and O–H groups in total. The Morgan fingerprint density at radius 1 is 1.37 bits per heavy atom. The number of nitrogens with zero attached hydrogens (tertiary/aromatic N) is 5. The molecule has 0 bridgehead atoms. The first-order valence-corrected chi connectivity index (χ1v) is 12.4. The van der Waals surface area contributed by atoms with Crippen molar-refractivity contribution in [2.24, 2.45) is 10.9 Å². The predicted octanol–water partition coefficient (Wildman–Crippen LogP) is 5.07. The van der Waals surface area contributed by atoms with Crippen LogP contribution in [-0.4, -0.2) is 44.5 Å². The first kappa shape index (κ1) is 25.0. The van der Waals surface area contributed by atoms with Crippen molar-refractivity contribution in [1.82, 2.24) is 19.6 Å². The van der Waals surface area contributed by atoms with Crippen molar-refractivity contribution >= 4 is 39.6 Å². The number of aliphatic imine (C=N–C) groups is 1. The van der Waals surface area contributed by atoms with Crippen LogP contribution in [0.1, 0.15) is 49.9 Å². The molecule has 0 amide bonds. The average Bonchev–Trinajstić information content (AvgIpc) is 3.31. The van der Waals surface area contributed by atoms with Crippen molar-refractivity contribution in [3.8, 4) is 11.1 Å². The minimum absolute atomic E-state index is 0.0910. The summed E-state index contributed by atoms with van der Waals surface area (Å²) in [6.45, 7) is 5.95. The van der Waals surface area contributed by atoms with Crippen molar-refractivity contribution in [3.05, 3.63) is 53.0 Å². The van der Waals surface area contributed by atoms with Crippen LogP contribution >= 0.6 is 15.9 Å². The van der Waals surface area contributed by atoms with Crippen LogP contribution in [0.4, 0.5) is 10.2 Å². The highest BCUT2D eigenvalue weighted by atomic mass is 79.9. The molecule has 3 aromatic rings. The Hall–Kier alpha value is -3.14. The summed E-state index contributed by atoms with van der Waals surface area (Å²) in [5, 5.41) is 4.43. The molecule has 0 spiro atoms. The molecule has 0 saturated heterocycles. The van der Waals surface area contributed by atoms with Gasteiger partial charge in [0.25, 0.3) is 0 Å². The summed E-state index contributed by atoms with van der Waals surface area (Å²) in [6.07, 6.45) is 7.76. The van der Waals surface area contributed by atoms with Crippen LogP contribution in [0.15, 0.2) is 46.6 Å². The molecular formula is C25H28BrFN6O2. The summed E-state index contributed by atoms with van der Waals surface area (Å²) in [6, 6.07) is 3.88. The lowest BCUT2D eigenvalue weighted by molar-refractivity contribution is -0.151. The lowest BCUT2D eigenvalue weighted by atomic mass is 9.78. The largest absolute Gasteiger partial charge is 0.464 e. The van der Waals surface area contributed by atoms with Crippen LogP contribution in [0.3, 0.4) is 0 Å². The van der Waals surface area contributed by atoms with Gasteiger partial charge >= 0.3 is 5.97 Å². The van der Waals surface area contributed by atoms with Gasteiger partial charge in [0.05, 0.1) is 35.2 Å². The molecule has 0 aromatic carbocycles. The highest BCUT2D eigenvalue weighted by Gasteiger charge is 2.35. The Morgan fingerprint density at radius 3 is 2.80 bits per heavy atom. The molecule has 0 radical (unpaired) electrons. The predicted molar refractivity (Wildman–Crippen MR) is 137 cm³/mol. The number of aromatic nitrogens is 4. The van der Waals surface area contributed by atoms with Crippen LogP contribution in [0.2, 0.25) is 0 Å². The van der Waals surface area contributed by atoms with Gasteiger partial charge < -0.3 is 10.5 Å². The smallest absolute Gasteiger partial charge is 0.341 e. The summed E-state index contributed by atoms with van der Waals surface area (Å²) < 4.78 is 21.7. The first-order valence-electron chi connectivity index (χ1n) is 11.6. The molecule has 35 heavy (non-hydrogen) atoms.